The van der Waals surface area contributed by atoms with Gasteiger partial charge in [0, 0.05) is 21.7 Å². The Morgan fingerprint density at radius 2 is 1.68 bits per heavy atom. The first kappa shape index (κ1) is 20.7. The fraction of sp³-hybridized carbons (Fsp3) is 0.364. The molecule has 1 aliphatic carbocycles. The van der Waals surface area contributed by atoms with Gasteiger partial charge in [-0.15, -0.1) is 11.8 Å². The Bertz CT molecular complexity index is 786. The van der Waals surface area contributed by atoms with Crippen molar-refractivity contribution >= 4 is 35.2 Å². The molecule has 0 bridgehead atoms. The summed E-state index contributed by atoms with van der Waals surface area (Å²) in [5, 5.41) is 3.67. The fourth-order valence-corrected chi connectivity index (χ4v) is 4.15. The van der Waals surface area contributed by atoms with E-state index in [0.29, 0.717) is 5.56 Å². The van der Waals surface area contributed by atoms with Gasteiger partial charge in [-0.25, -0.2) is 4.79 Å². The third-order valence-electron chi connectivity index (χ3n) is 4.71. The lowest BCUT2D eigenvalue weighted by Crippen LogP contribution is -2.38. The highest BCUT2D eigenvalue weighted by molar-refractivity contribution is 7.98. The number of halogens is 1. The number of nitrogens with one attached hydrogen (secondary N) is 1. The zero-order chi connectivity index (χ0) is 19.8. The molecule has 0 aliphatic heterocycles. The largest absolute Gasteiger partial charge is 0.452 e. The van der Waals surface area contributed by atoms with E-state index < -0.39 is 5.97 Å². The maximum atomic E-state index is 12.1. The summed E-state index contributed by atoms with van der Waals surface area (Å²) < 4.78 is 5.14. The average molecular weight is 418 g/mol. The van der Waals surface area contributed by atoms with Crippen LogP contribution in [0, 0.1) is 0 Å². The Hall–Kier alpha value is -1.98. The van der Waals surface area contributed by atoms with Crippen molar-refractivity contribution in [3.05, 3.63) is 64.7 Å². The van der Waals surface area contributed by atoms with Gasteiger partial charge in [0.15, 0.2) is 6.61 Å². The first-order valence-electron chi connectivity index (χ1n) is 9.54. The number of carbonyl (C=O) groups is 2. The zero-order valence-corrected chi connectivity index (χ0v) is 17.2. The van der Waals surface area contributed by atoms with Gasteiger partial charge in [-0.05, 0) is 54.8 Å². The van der Waals surface area contributed by atoms with Crippen LogP contribution >= 0.6 is 23.4 Å². The number of carbonyl (C=O) groups excluding carboxylic acids is 2. The quantitative estimate of drug-likeness (QED) is 0.494. The van der Waals surface area contributed by atoms with E-state index in [4.69, 9.17) is 16.3 Å². The molecule has 0 heterocycles. The number of ether oxygens (including phenoxy) is 1. The highest BCUT2D eigenvalue weighted by Crippen LogP contribution is 2.24. The Labute approximate surface area is 175 Å². The molecule has 0 atom stereocenters. The Morgan fingerprint density at radius 3 is 2.36 bits per heavy atom. The molecule has 2 aromatic carbocycles. The van der Waals surface area contributed by atoms with Crippen LogP contribution < -0.4 is 5.32 Å². The molecule has 28 heavy (non-hydrogen) atoms. The number of thioether (sulfide) groups is 1. The molecule has 3 rings (SSSR count). The highest BCUT2D eigenvalue weighted by Gasteiger charge is 2.17. The molecule has 0 unspecified atom stereocenters. The van der Waals surface area contributed by atoms with Crippen LogP contribution in [0.1, 0.15) is 48.0 Å². The molecule has 1 fully saturated rings. The van der Waals surface area contributed by atoms with Crippen LogP contribution in [0.4, 0.5) is 0 Å². The first-order chi connectivity index (χ1) is 13.6. The zero-order valence-electron chi connectivity index (χ0n) is 15.7. The molecule has 1 aliphatic rings. The van der Waals surface area contributed by atoms with Crippen molar-refractivity contribution in [2.24, 2.45) is 0 Å². The predicted molar refractivity (Wildman–Crippen MR) is 113 cm³/mol. The molecular weight excluding hydrogens is 394 g/mol. The molecule has 6 heteroatoms. The van der Waals surface area contributed by atoms with E-state index >= 15 is 0 Å². The second-order valence-electron chi connectivity index (χ2n) is 6.92. The molecule has 4 nitrogen and oxygen atoms in total. The van der Waals surface area contributed by atoms with E-state index in [1.54, 1.807) is 23.9 Å². The summed E-state index contributed by atoms with van der Waals surface area (Å²) in [6, 6.07) is 15.2. The van der Waals surface area contributed by atoms with Crippen LogP contribution in [0.15, 0.2) is 53.4 Å². The molecule has 1 saturated carbocycles. The summed E-state index contributed by atoms with van der Waals surface area (Å²) in [4.78, 5) is 25.2. The Morgan fingerprint density at radius 1 is 1.00 bits per heavy atom. The van der Waals surface area contributed by atoms with Gasteiger partial charge < -0.3 is 10.1 Å². The minimum atomic E-state index is -0.476. The maximum Gasteiger partial charge on any atom is 0.338 e. The van der Waals surface area contributed by atoms with E-state index in [2.05, 4.69) is 5.32 Å². The maximum absolute atomic E-state index is 12.1. The summed E-state index contributed by atoms with van der Waals surface area (Å²) in [5.74, 6) is 0.0905. The van der Waals surface area contributed by atoms with E-state index in [0.717, 1.165) is 46.9 Å². The third kappa shape index (κ3) is 6.57. The van der Waals surface area contributed by atoms with Crippen molar-refractivity contribution in [1.29, 1.82) is 0 Å². The van der Waals surface area contributed by atoms with Gasteiger partial charge in [0.05, 0.1) is 5.56 Å². The molecule has 1 N–H and O–H groups in total. The van der Waals surface area contributed by atoms with Crippen LogP contribution in [-0.2, 0) is 15.3 Å². The van der Waals surface area contributed by atoms with Gasteiger partial charge in [-0.3, -0.25) is 4.79 Å². The van der Waals surface area contributed by atoms with Gasteiger partial charge in [-0.1, -0.05) is 43.0 Å². The fourth-order valence-electron chi connectivity index (χ4n) is 3.17. The Balaban J connectivity index is 1.42. The lowest BCUT2D eigenvalue weighted by molar-refractivity contribution is -0.125. The van der Waals surface area contributed by atoms with Gasteiger partial charge >= 0.3 is 5.97 Å². The predicted octanol–water partition coefficient (Wildman–Crippen LogP) is 5.24. The number of rotatable bonds is 7. The van der Waals surface area contributed by atoms with Crippen molar-refractivity contribution < 1.29 is 14.3 Å². The normalized spacial score (nSPS) is 14.5. The number of hydrogen-bond donors (Lipinski definition) is 1. The smallest absolute Gasteiger partial charge is 0.338 e. The second kappa shape index (κ2) is 10.5. The number of benzene rings is 2. The van der Waals surface area contributed by atoms with E-state index in [-0.39, 0.29) is 18.6 Å². The topological polar surface area (TPSA) is 55.4 Å². The van der Waals surface area contributed by atoms with Gasteiger partial charge in [0.2, 0.25) is 0 Å². The number of amides is 1. The molecular formula is C22H24ClNO3S. The SMILES string of the molecule is O=C(COC(=O)c1ccc(CSc2ccc(Cl)cc2)cc1)NC1CCCCC1. The van der Waals surface area contributed by atoms with Crippen LogP contribution in [0.5, 0.6) is 0 Å². The Kier molecular flexibility index (Phi) is 7.80. The van der Waals surface area contributed by atoms with E-state index in [9.17, 15) is 9.59 Å². The number of hydrogen-bond acceptors (Lipinski definition) is 4. The highest BCUT2D eigenvalue weighted by atomic mass is 35.5. The summed E-state index contributed by atoms with van der Waals surface area (Å²) >= 11 is 7.59. The monoisotopic (exact) mass is 417 g/mol. The van der Waals surface area contributed by atoms with Crippen LogP contribution in [0.3, 0.4) is 0 Å². The molecule has 0 spiro atoms. The van der Waals surface area contributed by atoms with E-state index in [1.165, 1.54) is 6.42 Å². The molecule has 0 radical (unpaired) electrons. The van der Waals surface area contributed by atoms with Crippen molar-refractivity contribution in [2.75, 3.05) is 6.61 Å². The van der Waals surface area contributed by atoms with Gasteiger partial charge in [0.25, 0.3) is 5.91 Å². The average Bonchev–Trinajstić information content (AvgIpc) is 2.73. The minimum Gasteiger partial charge on any atom is -0.452 e. The van der Waals surface area contributed by atoms with E-state index in [1.807, 2.05) is 36.4 Å². The standard InChI is InChI=1S/C22H24ClNO3S/c23-18-10-12-20(13-11-18)28-15-16-6-8-17(9-7-16)22(26)27-14-21(25)24-19-4-2-1-3-5-19/h6-13,19H,1-5,14-15H2,(H,24,25). The minimum absolute atomic E-state index is 0.220. The first-order valence-corrected chi connectivity index (χ1v) is 10.9. The molecule has 148 valence electrons. The second-order valence-corrected chi connectivity index (χ2v) is 8.40. The van der Waals surface area contributed by atoms with Crippen LogP contribution in [0.2, 0.25) is 5.02 Å². The van der Waals surface area contributed by atoms with Crippen LogP contribution in [-0.4, -0.2) is 24.5 Å². The molecule has 0 saturated heterocycles. The summed E-state index contributed by atoms with van der Waals surface area (Å²) in [7, 11) is 0. The van der Waals surface area contributed by atoms with Crippen molar-refractivity contribution in [1.82, 2.24) is 5.32 Å². The summed E-state index contributed by atoms with van der Waals surface area (Å²) in [6.45, 7) is -0.233. The molecule has 0 aromatic heterocycles. The van der Waals surface area contributed by atoms with Crippen LogP contribution in [0.25, 0.3) is 0 Å². The number of esters is 1. The summed E-state index contributed by atoms with van der Waals surface area (Å²) in [6.07, 6.45) is 5.54. The van der Waals surface area contributed by atoms with Crippen molar-refractivity contribution in [3.8, 4) is 0 Å². The van der Waals surface area contributed by atoms with Crippen molar-refractivity contribution in [2.45, 2.75) is 48.8 Å². The molecule has 1 amide bonds. The van der Waals surface area contributed by atoms with Gasteiger partial charge in [-0.2, -0.15) is 0 Å². The lowest BCUT2D eigenvalue weighted by Gasteiger charge is -2.22. The van der Waals surface area contributed by atoms with Crippen molar-refractivity contribution in [3.63, 3.8) is 0 Å². The third-order valence-corrected chi connectivity index (χ3v) is 6.05. The lowest BCUT2D eigenvalue weighted by atomic mass is 9.95. The molecule has 2 aromatic rings. The van der Waals surface area contributed by atoms with Gasteiger partial charge in [0.1, 0.15) is 0 Å². The summed E-state index contributed by atoms with van der Waals surface area (Å²) in [5.41, 5.74) is 1.55.